The van der Waals surface area contributed by atoms with Crippen LogP contribution in [0.4, 0.5) is 0 Å². The Balaban J connectivity index is 2.04. The van der Waals surface area contributed by atoms with Gasteiger partial charge in [0.2, 0.25) is 0 Å². The number of carbonyl (C=O) groups is 3. The van der Waals surface area contributed by atoms with E-state index < -0.39 is 84.8 Å². The monoisotopic (exact) mass is 675 g/mol. The Kier molecular flexibility index (Phi) is 14.7. The minimum Gasteiger partial charge on any atom is -0.504 e. The lowest BCUT2D eigenvalue weighted by molar-refractivity contribution is -0.146. The van der Waals surface area contributed by atoms with Crippen LogP contribution in [0.1, 0.15) is 23.2 Å². The number of phenolic OH excluding ortho intramolecular Hbond substituents is 3. The highest BCUT2D eigenvalue weighted by atomic mass is 33.1. The van der Waals surface area contributed by atoms with Crippen LogP contribution in [0.15, 0.2) is 39.2 Å². The molecule has 2 atom stereocenters. The average Bonchev–Trinajstić information content (AvgIpc) is 3.01. The maximum atomic E-state index is 13.1. The van der Waals surface area contributed by atoms with Gasteiger partial charge in [-0.2, -0.15) is 0 Å². The molecule has 1 aromatic heterocycles. The predicted octanol–water partition coefficient (Wildman–Crippen LogP) is -1.07. The second-order valence-corrected chi connectivity index (χ2v) is 11.8. The number of nitrogens with zero attached hydrogens (tertiary/aromatic N) is 3. The Morgan fingerprint density at radius 2 is 1.29 bits per heavy atom. The summed E-state index contributed by atoms with van der Waals surface area (Å²) >= 11 is 0. The molecular weight excluding hydrogens is 642 g/mol. The Morgan fingerprint density at radius 3 is 1.78 bits per heavy atom. The third-order valence-corrected chi connectivity index (χ3v) is 8.13. The van der Waals surface area contributed by atoms with Gasteiger partial charge in [-0.1, -0.05) is 27.7 Å². The Hall–Kier alpha value is -4.20. The highest BCUT2D eigenvalue weighted by Crippen LogP contribution is 2.35. The maximum Gasteiger partial charge on any atom is 0.338 e. The van der Waals surface area contributed by atoms with Crippen molar-refractivity contribution < 1.29 is 54.1 Å². The smallest absolute Gasteiger partial charge is 0.338 e. The first-order chi connectivity index (χ1) is 21.3. The summed E-state index contributed by atoms with van der Waals surface area (Å²) < 4.78 is 16.0. The zero-order valence-electron chi connectivity index (χ0n) is 24.0. The van der Waals surface area contributed by atoms with Crippen molar-refractivity contribution in [2.24, 2.45) is 0 Å². The number of methoxy groups -OCH3 is 1. The third kappa shape index (κ3) is 11.0. The van der Waals surface area contributed by atoms with Gasteiger partial charge in [0.15, 0.2) is 17.2 Å². The summed E-state index contributed by atoms with van der Waals surface area (Å²) in [7, 11) is 3.98. The largest absolute Gasteiger partial charge is 0.504 e. The Morgan fingerprint density at radius 1 is 0.822 bits per heavy atom. The number of carbonyl (C=O) groups excluding carboxylic acids is 3. The molecule has 0 spiro atoms. The Bertz CT molecular complexity index is 1530. The zero-order valence-corrected chi connectivity index (χ0v) is 25.7. The molecule has 17 nitrogen and oxygen atoms in total. The molecule has 0 saturated heterocycles. The standard InChI is InChI=1S/C26H33N3O14S2/c1-3-6-27-24(38)28(11-16(30)13-42-21(35)5-8-45-44-7-4-20(34)41-2)26(40)29(25(27)39)12-17(31)14-43-23(37)15-9-18(32)22(36)19(33)10-15/h3,9-10,16-17,30-33,36H,1,4-8,11-14H2,2H3. The van der Waals surface area contributed by atoms with Crippen molar-refractivity contribution in [2.75, 3.05) is 31.8 Å². The molecular formula is C26H33N3O14S2. The molecule has 1 heterocycles. The van der Waals surface area contributed by atoms with Gasteiger partial charge in [0.05, 0.1) is 45.1 Å². The number of aliphatic hydroxyl groups is 2. The summed E-state index contributed by atoms with van der Waals surface area (Å²) in [5.74, 6) is -3.77. The van der Waals surface area contributed by atoms with Crippen LogP contribution in [0.3, 0.4) is 0 Å². The van der Waals surface area contributed by atoms with E-state index in [2.05, 4.69) is 11.3 Å². The summed E-state index contributed by atoms with van der Waals surface area (Å²) in [5, 5.41) is 49.3. The topological polar surface area (TPSA) is 246 Å². The highest BCUT2D eigenvalue weighted by Gasteiger charge is 2.22. The molecule has 2 unspecified atom stereocenters. The Labute approximate surface area is 262 Å². The molecule has 19 heteroatoms. The van der Waals surface area contributed by atoms with Gasteiger partial charge in [0, 0.05) is 11.5 Å². The van der Waals surface area contributed by atoms with Crippen molar-refractivity contribution in [1.29, 1.82) is 0 Å². The summed E-state index contributed by atoms with van der Waals surface area (Å²) in [5.41, 5.74) is -3.81. The van der Waals surface area contributed by atoms with Crippen molar-refractivity contribution >= 4 is 39.5 Å². The number of hydrogen-bond acceptors (Lipinski definition) is 16. The van der Waals surface area contributed by atoms with Gasteiger partial charge < -0.3 is 39.7 Å². The number of ether oxygens (including phenoxy) is 3. The van der Waals surface area contributed by atoms with Crippen LogP contribution >= 0.6 is 21.6 Å². The van der Waals surface area contributed by atoms with Crippen LogP contribution in [0.5, 0.6) is 17.2 Å². The highest BCUT2D eigenvalue weighted by molar-refractivity contribution is 8.76. The molecule has 0 bridgehead atoms. The molecule has 1 aromatic carbocycles. The predicted molar refractivity (Wildman–Crippen MR) is 160 cm³/mol. The zero-order chi connectivity index (χ0) is 33.7. The van der Waals surface area contributed by atoms with E-state index in [0.29, 0.717) is 25.2 Å². The fourth-order valence-electron chi connectivity index (χ4n) is 3.52. The first-order valence-corrected chi connectivity index (χ1v) is 15.6. The molecule has 2 aromatic rings. The van der Waals surface area contributed by atoms with E-state index in [0.717, 1.165) is 12.1 Å². The second-order valence-electron chi connectivity index (χ2n) is 9.14. The van der Waals surface area contributed by atoms with Crippen LogP contribution in [-0.4, -0.2) is 101 Å². The van der Waals surface area contributed by atoms with Gasteiger partial charge >= 0.3 is 35.0 Å². The third-order valence-electron chi connectivity index (χ3n) is 5.72. The van der Waals surface area contributed by atoms with E-state index in [9.17, 15) is 54.3 Å². The van der Waals surface area contributed by atoms with Gasteiger partial charge in [-0.05, 0) is 12.1 Å². The lowest BCUT2D eigenvalue weighted by Crippen LogP contribution is -2.56. The lowest BCUT2D eigenvalue weighted by Gasteiger charge is -2.18. The number of aromatic nitrogens is 3. The lowest BCUT2D eigenvalue weighted by atomic mass is 10.2. The van der Waals surface area contributed by atoms with Crippen molar-refractivity contribution in [3.63, 3.8) is 0 Å². The van der Waals surface area contributed by atoms with E-state index in [1.807, 2.05) is 0 Å². The summed E-state index contributed by atoms with van der Waals surface area (Å²) in [6, 6.07) is 1.60. The van der Waals surface area contributed by atoms with Crippen molar-refractivity contribution in [3.05, 3.63) is 61.8 Å². The van der Waals surface area contributed by atoms with E-state index in [1.165, 1.54) is 34.8 Å². The van der Waals surface area contributed by atoms with Crippen LogP contribution in [0, 0.1) is 0 Å². The normalized spacial score (nSPS) is 12.2. The number of phenols is 3. The first-order valence-electron chi connectivity index (χ1n) is 13.1. The number of benzene rings is 1. The van der Waals surface area contributed by atoms with Crippen molar-refractivity contribution in [2.45, 2.75) is 44.7 Å². The SMILES string of the molecule is C=CCn1c(=O)n(CC(O)COC(=O)CCSSCCC(=O)OC)c(=O)n(CC(O)COC(=O)c2cc(O)c(O)c(O)c2)c1=O. The minimum atomic E-state index is -1.66. The summed E-state index contributed by atoms with van der Waals surface area (Å²) in [4.78, 5) is 74.1. The van der Waals surface area contributed by atoms with Crippen molar-refractivity contribution in [3.8, 4) is 17.2 Å². The fraction of sp³-hybridized carbons (Fsp3) is 0.462. The number of hydrogen-bond donors (Lipinski definition) is 5. The number of allylic oxidation sites excluding steroid dienone is 1. The van der Waals surface area contributed by atoms with Gasteiger partial charge in [0.25, 0.3) is 0 Å². The second kappa shape index (κ2) is 17.9. The number of aromatic hydroxyl groups is 3. The fourth-order valence-corrected chi connectivity index (χ4v) is 5.46. The van der Waals surface area contributed by atoms with Crippen LogP contribution in [-0.2, 0) is 43.4 Å². The molecule has 0 aliphatic heterocycles. The molecule has 45 heavy (non-hydrogen) atoms. The average molecular weight is 676 g/mol. The molecule has 0 saturated carbocycles. The van der Waals surface area contributed by atoms with E-state index in [1.54, 1.807) is 0 Å². The molecule has 0 amide bonds. The minimum absolute atomic E-state index is 0.0168. The molecule has 0 aliphatic rings. The van der Waals surface area contributed by atoms with Crippen LogP contribution in [0.2, 0.25) is 0 Å². The molecule has 0 fully saturated rings. The number of aliphatic hydroxyl groups excluding tert-OH is 2. The summed E-state index contributed by atoms with van der Waals surface area (Å²) in [6.07, 6.45) is -1.79. The molecule has 0 radical (unpaired) electrons. The molecule has 0 aliphatic carbocycles. The first kappa shape index (κ1) is 37.0. The van der Waals surface area contributed by atoms with Gasteiger partial charge in [-0.15, -0.1) is 6.58 Å². The van der Waals surface area contributed by atoms with E-state index in [4.69, 9.17) is 9.47 Å². The van der Waals surface area contributed by atoms with Crippen LogP contribution < -0.4 is 17.1 Å². The van der Waals surface area contributed by atoms with E-state index >= 15 is 0 Å². The molecule has 248 valence electrons. The maximum absolute atomic E-state index is 13.1. The van der Waals surface area contributed by atoms with E-state index in [-0.39, 0.29) is 30.9 Å². The van der Waals surface area contributed by atoms with Gasteiger partial charge in [-0.3, -0.25) is 9.59 Å². The number of esters is 3. The number of rotatable bonds is 18. The molecule has 2 rings (SSSR count). The summed E-state index contributed by atoms with van der Waals surface area (Å²) in [6.45, 7) is 0.336. The van der Waals surface area contributed by atoms with Crippen molar-refractivity contribution in [1.82, 2.24) is 13.7 Å². The van der Waals surface area contributed by atoms with Gasteiger partial charge in [0.1, 0.15) is 25.4 Å². The quantitative estimate of drug-likeness (QED) is 0.0315. The van der Waals surface area contributed by atoms with Gasteiger partial charge in [-0.25, -0.2) is 32.9 Å². The van der Waals surface area contributed by atoms with Crippen LogP contribution in [0.25, 0.3) is 0 Å². The molecule has 5 N–H and O–H groups in total.